The zero-order valence-electron chi connectivity index (χ0n) is 8.38. The fourth-order valence-electron chi connectivity index (χ4n) is 1.56. The summed E-state index contributed by atoms with van der Waals surface area (Å²) in [5.41, 5.74) is 2.73. The predicted octanol–water partition coefficient (Wildman–Crippen LogP) is 2.49. The second-order valence-corrected chi connectivity index (χ2v) is 4.19. The molecular formula is C12H17N. The summed E-state index contributed by atoms with van der Waals surface area (Å²) in [6.45, 7) is 5.45. The molecule has 0 spiro atoms. The Kier molecular flexibility index (Phi) is 2.36. The molecule has 2 rings (SSSR count). The molecule has 0 amide bonds. The Balaban J connectivity index is 1.84. The minimum Gasteiger partial charge on any atom is -0.310 e. The Morgan fingerprint density at radius 2 is 1.92 bits per heavy atom. The molecule has 0 aliphatic heterocycles. The topological polar surface area (TPSA) is 12.0 Å². The van der Waals surface area contributed by atoms with Crippen LogP contribution in [0.4, 0.5) is 0 Å². The second kappa shape index (κ2) is 3.51. The Bertz CT molecular complexity index is 276. The Morgan fingerprint density at radius 1 is 1.31 bits per heavy atom. The Morgan fingerprint density at radius 3 is 2.46 bits per heavy atom. The van der Waals surface area contributed by atoms with E-state index < -0.39 is 0 Å². The molecule has 70 valence electrons. The van der Waals surface area contributed by atoms with Crippen LogP contribution < -0.4 is 5.32 Å². The number of hydrogen-bond acceptors (Lipinski definition) is 1. The van der Waals surface area contributed by atoms with Crippen LogP contribution in [0.15, 0.2) is 24.3 Å². The summed E-state index contributed by atoms with van der Waals surface area (Å²) in [5.74, 6) is 0.894. The number of hydrogen-bond donors (Lipinski definition) is 1. The molecule has 0 saturated heterocycles. The third-order valence-electron chi connectivity index (χ3n) is 2.80. The van der Waals surface area contributed by atoms with E-state index in [1.165, 1.54) is 17.5 Å². The lowest BCUT2D eigenvalue weighted by Crippen LogP contribution is -2.16. The van der Waals surface area contributed by atoms with Crippen LogP contribution in [-0.4, -0.2) is 6.04 Å². The van der Waals surface area contributed by atoms with Crippen molar-refractivity contribution in [2.24, 2.45) is 5.92 Å². The van der Waals surface area contributed by atoms with Gasteiger partial charge in [0, 0.05) is 12.6 Å². The third kappa shape index (κ3) is 2.31. The standard InChI is InChI=1S/C12H17N/c1-9-3-5-11(6-4-9)8-13-12-7-10(12)2/h3-6,10,12-13H,7-8H2,1-2H3. The molecule has 1 aromatic carbocycles. The van der Waals surface area contributed by atoms with Gasteiger partial charge in [0.05, 0.1) is 0 Å². The summed E-state index contributed by atoms with van der Waals surface area (Å²) >= 11 is 0. The van der Waals surface area contributed by atoms with Gasteiger partial charge >= 0.3 is 0 Å². The van der Waals surface area contributed by atoms with Crippen LogP contribution in [0.3, 0.4) is 0 Å². The van der Waals surface area contributed by atoms with Crippen molar-refractivity contribution in [3.05, 3.63) is 35.4 Å². The maximum absolute atomic E-state index is 3.54. The predicted molar refractivity (Wildman–Crippen MR) is 55.6 cm³/mol. The highest BCUT2D eigenvalue weighted by Crippen LogP contribution is 2.29. The lowest BCUT2D eigenvalue weighted by Gasteiger charge is -2.03. The van der Waals surface area contributed by atoms with Gasteiger partial charge in [0.2, 0.25) is 0 Å². The minimum absolute atomic E-state index is 0.779. The first-order valence-corrected chi connectivity index (χ1v) is 5.04. The second-order valence-electron chi connectivity index (χ2n) is 4.19. The van der Waals surface area contributed by atoms with Gasteiger partial charge in [0.25, 0.3) is 0 Å². The molecule has 2 atom stereocenters. The highest BCUT2D eigenvalue weighted by molar-refractivity contribution is 5.21. The van der Waals surface area contributed by atoms with E-state index in [1.54, 1.807) is 0 Å². The van der Waals surface area contributed by atoms with E-state index in [-0.39, 0.29) is 0 Å². The van der Waals surface area contributed by atoms with Crippen LogP contribution in [0.1, 0.15) is 24.5 Å². The normalized spacial score (nSPS) is 26.0. The van der Waals surface area contributed by atoms with Gasteiger partial charge in [-0.1, -0.05) is 36.8 Å². The van der Waals surface area contributed by atoms with Crippen molar-refractivity contribution < 1.29 is 0 Å². The van der Waals surface area contributed by atoms with Gasteiger partial charge in [-0.3, -0.25) is 0 Å². The van der Waals surface area contributed by atoms with E-state index in [0.717, 1.165) is 18.5 Å². The molecule has 0 aromatic heterocycles. The molecule has 1 aromatic rings. The SMILES string of the molecule is Cc1ccc(CNC2CC2C)cc1. The van der Waals surface area contributed by atoms with Crippen LogP contribution in [-0.2, 0) is 6.54 Å². The highest BCUT2D eigenvalue weighted by atomic mass is 15.0. The molecule has 1 aliphatic carbocycles. The largest absolute Gasteiger partial charge is 0.310 e. The van der Waals surface area contributed by atoms with Crippen LogP contribution in [0.2, 0.25) is 0 Å². The number of aryl methyl sites for hydroxylation is 1. The first-order chi connectivity index (χ1) is 6.25. The molecular weight excluding hydrogens is 158 g/mol. The van der Waals surface area contributed by atoms with Crippen molar-refractivity contribution in [3.63, 3.8) is 0 Å². The molecule has 1 saturated carbocycles. The summed E-state index contributed by atoms with van der Waals surface area (Å²) in [6.07, 6.45) is 1.35. The lowest BCUT2D eigenvalue weighted by molar-refractivity contribution is 0.652. The lowest BCUT2D eigenvalue weighted by atomic mass is 10.1. The Labute approximate surface area is 80.2 Å². The minimum atomic E-state index is 0.779. The number of benzene rings is 1. The molecule has 0 bridgehead atoms. The molecule has 1 aliphatic rings. The van der Waals surface area contributed by atoms with Gasteiger partial charge in [-0.05, 0) is 24.8 Å². The maximum Gasteiger partial charge on any atom is 0.0208 e. The van der Waals surface area contributed by atoms with E-state index in [1.807, 2.05) is 0 Å². The van der Waals surface area contributed by atoms with Gasteiger partial charge in [-0.25, -0.2) is 0 Å². The van der Waals surface area contributed by atoms with E-state index in [9.17, 15) is 0 Å². The molecule has 2 unspecified atom stereocenters. The van der Waals surface area contributed by atoms with Crippen molar-refractivity contribution in [2.75, 3.05) is 0 Å². The fraction of sp³-hybridized carbons (Fsp3) is 0.500. The van der Waals surface area contributed by atoms with Gasteiger partial charge in [0.15, 0.2) is 0 Å². The third-order valence-corrected chi connectivity index (χ3v) is 2.80. The van der Waals surface area contributed by atoms with Crippen LogP contribution >= 0.6 is 0 Å². The zero-order valence-corrected chi connectivity index (χ0v) is 8.38. The Hall–Kier alpha value is -0.820. The first kappa shape index (κ1) is 8.76. The van der Waals surface area contributed by atoms with Crippen LogP contribution in [0.25, 0.3) is 0 Å². The summed E-state index contributed by atoms with van der Waals surface area (Å²) < 4.78 is 0. The van der Waals surface area contributed by atoms with Crippen molar-refractivity contribution in [1.29, 1.82) is 0 Å². The molecule has 0 heterocycles. The van der Waals surface area contributed by atoms with Crippen LogP contribution in [0, 0.1) is 12.8 Å². The molecule has 0 radical (unpaired) electrons. The molecule has 1 nitrogen and oxygen atoms in total. The molecule has 1 fully saturated rings. The monoisotopic (exact) mass is 175 g/mol. The number of rotatable bonds is 3. The van der Waals surface area contributed by atoms with E-state index in [0.29, 0.717) is 0 Å². The maximum atomic E-state index is 3.54. The van der Waals surface area contributed by atoms with E-state index in [2.05, 4.69) is 43.4 Å². The quantitative estimate of drug-likeness (QED) is 0.744. The van der Waals surface area contributed by atoms with Crippen molar-refractivity contribution >= 4 is 0 Å². The first-order valence-electron chi connectivity index (χ1n) is 5.04. The summed E-state index contributed by atoms with van der Waals surface area (Å²) in [6, 6.07) is 9.53. The fourth-order valence-corrected chi connectivity index (χ4v) is 1.56. The average molecular weight is 175 g/mol. The average Bonchev–Trinajstić information content (AvgIpc) is 2.81. The summed E-state index contributed by atoms with van der Waals surface area (Å²) in [5, 5.41) is 3.54. The zero-order chi connectivity index (χ0) is 9.26. The summed E-state index contributed by atoms with van der Waals surface area (Å²) in [4.78, 5) is 0. The van der Waals surface area contributed by atoms with Gasteiger partial charge < -0.3 is 5.32 Å². The van der Waals surface area contributed by atoms with E-state index in [4.69, 9.17) is 0 Å². The molecule has 1 N–H and O–H groups in total. The van der Waals surface area contributed by atoms with Crippen molar-refractivity contribution in [3.8, 4) is 0 Å². The van der Waals surface area contributed by atoms with Crippen LogP contribution in [0.5, 0.6) is 0 Å². The van der Waals surface area contributed by atoms with Gasteiger partial charge in [0.1, 0.15) is 0 Å². The molecule has 1 heteroatoms. The number of nitrogens with one attached hydrogen (secondary N) is 1. The smallest absolute Gasteiger partial charge is 0.0208 e. The van der Waals surface area contributed by atoms with E-state index >= 15 is 0 Å². The van der Waals surface area contributed by atoms with Gasteiger partial charge in [-0.2, -0.15) is 0 Å². The van der Waals surface area contributed by atoms with Gasteiger partial charge in [-0.15, -0.1) is 0 Å². The highest BCUT2D eigenvalue weighted by Gasteiger charge is 2.31. The van der Waals surface area contributed by atoms with Crippen molar-refractivity contribution in [1.82, 2.24) is 5.32 Å². The summed E-state index contributed by atoms with van der Waals surface area (Å²) in [7, 11) is 0. The van der Waals surface area contributed by atoms with Crippen molar-refractivity contribution in [2.45, 2.75) is 32.9 Å². The molecule has 13 heavy (non-hydrogen) atoms.